The molecule has 1 aromatic carbocycles. The Hall–Kier alpha value is -1.17. The van der Waals surface area contributed by atoms with Gasteiger partial charge in [-0.05, 0) is 18.6 Å². The number of benzene rings is 1. The Balaban J connectivity index is 2.18. The summed E-state index contributed by atoms with van der Waals surface area (Å²) >= 11 is 7.63. The van der Waals surface area contributed by atoms with Crippen LogP contribution in [0, 0.1) is 0 Å². The second-order valence-corrected chi connectivity index (χ2v) is 5.65. The Labute approximate surface area is 121 Å². The normalized spacial score (nSPS) is 12.6. The summed E-state index contributed by atoms with van der Waals surface area (Å²) in [7, 11) is 0. The molecule has 0 bridgehead atoms. The lowest BCUT2D eigenvalue weighted by molar-refractivity contribution is -0.117. The number of amides is 1. The molecule has 3 N–H and O–H groups in total. The van der Waals surface area contributed by atoms with E-state index in [1.165, 1.54) is 11.3 Å². The first-order valence-corrected chi connectivity index (χ1v) is 7.47. The molecule has 0 saturated carbocycles. The van der Waals surface area contributed by atoms with E-state index < -0.39 is 6.04 Å². The zero-order chi connectivity index (χ0) is 13.8. The predicted octanol–water partition coefficient (Wildman–Crippen LogP) is 3.41. The summed E-state index contributed by atoms with van der Waals surface area (Å²) in [5, 5.41) is 3.28. The highest BCUT2D eigenvalue weighted by molar-refractivity contribution is 7.16. The first kappa shape index (κ1) is 14.2. The van der Waals surface area contributed by atoms with Gasteiger partial charge in [-0.3, -0.25) is 4.79 Å². The van der Waals surface area contributed by atoms with E-state index in [0.29, 0.717) is 22.6 Å². The number of halogens is 1. The first-order valence-electron chi connectivity index (χ1n) is 6.21. The van der Waals surface area contributed by atoms with Crippen molar-refractivity contribution in [1.82, 2.24) is 4.98 Å². The third kappa shape index (κ3) is 3.23. The number of hydrogen-bond donors (Lipinski definition) is 2. The smallest absolute Gasteiger partial charge is 0.241 e. The number of nitrogens with two attached hydrogens (primary N) is 1. The minimum atomic E-state index is -0.509. The number of thiazole rings is 1. The van der Waals surface area contributed by atoms with Gasteiger partial charge in [-0.25, -0.2) is 4.98 Å². The summed E-state index contributed by atoms with van der Waals surface area (Å²) < 4.78 is 0.988. The summed E-state index contributed by atoms with van der Waals surface area (Å²) in [6, 6.07) is 3.14. The van der Waals surface area contributed by atoms with Crippen molar-refractivity contribution >= 4 is 44.7 Å². The highest BCUT2D eigenvalue weighted by Crippen LogP contribution is 2.32. The van der Waals surface area contributed by atoms with Crippen molar-refractivity contribution in [2.45, 2.75) is 32.2 Å². The fraction of sp³-hybridized carbons (Fsp3) is 0.385. The maximum Gasteiger partial charge on any atom is 0.241 e. The molecular weight excluding hydrogens is 282 g/mol. The minimum Gasteiger partial charge on any atom is -0.322 e. The van der Waals surface area contributed by atoms with Crippen LogP contribution in [0.3, 0.4) is 0 Å². The van der Waals surface area contributed by atoms with Crippen molar-refractivity contribution < 1.29 is 4.79 Å². The molecule has 1 unspecified atom stereocenters. The molecule has 2 rings (SSSR count). The number of anilines is 1. The molecule has 0 saturated heterocycles. The Morgan fingerprint density at radius 2 is 2.37 bits per heavy atom. The van der Waals surface area contributed by atoms with E-state index in [0.717, 1.165) is 17.5 Å². The second kappa shape index (κ2) is 6.32. The van der Waals surface area contributed by atoms with Gasteiger partial charge < -0.3 is 11.1 Å². The molecule has 19 heavy (non-hydrogen) atoms. The van der Waals surface area contributed by atoms with E-state index in [1.807, 2.05) is 6.07 Å². The topological polar surface area (TPSA) is 68.0 Å². The summed E-state index contributed by atoms with van der Waals surface area (Å²) in [6.07, 6.45) is 2.62. The number of fused-ring (bicyclic) bond motifs is 1. The van der Waals surface area contributed by atoms with E-state index >= 15 is 0 Å². The summed E-state index contributed by atoms with van der Waals surface area (Å²) in [5.41, 5.74) is 8.85. The number of carbonyl (C=O) groups is 1. The molecule has 4 nitrogen and oxygen atoms in total. The van der Waals surface area contributed by atoms with Gasteiger partial charge in [-0.2, -0.15) is 0 Å². The molecule has 0 spiro atoms. The van der Waals surface area contributed by atoms with Crippen LogP contribution in [0.2, 0.25) is 5.02 Å². The lowest BCUT2D eigenvalue weighted by atomic mass is 10.1. The zero-order valence-electron chi connectivity index (χ0n) is 10.6. The number of hydrogen-bond acceptors (Lipinski definition) is 4. The van der Waals surface area contributed by atoms with E-state index in [-0.39, 0.29) is 5.91 Å². The van der Waals surface area contributed by atoms with Gasteiger partial charge in [0.1, 0.15) is 5.52 Å². The van der Waals surface area contributed by atoms with Crippen LogP contribution in [0.25, 0.3) is 10.2 Å². The molecule has 0 aliphatic heterocycles. The molecule has 0 aliphatic rings. The summed E-state index contributed by atoms with van der Waals surface area (Å²) in [5.74, 6) is -0.212. The number of nitrogens with zero attached hydrogens (tertiary/aromatic N) is 1. The number of nitrogens with one attached hydrogen (secondary N) is 1. The van der Waals surface area contributed by atoms with Gasteiger partial charge in [0.25, 0.3) is 0 Å². The molecule has 0 radical (unpaired) electrons. The third-order valence-electron chi connectivity index (χ3n) is 2.91. The van der Waals surface area contributed by atoms with Crippen LogP contribution >= 0.6 is 22.9 Å². The second-order valence-electron chi connectivity index (χ2n) is 4.36. The molecule has 1 amide bonds. The molecular formula is C13H16ClN3OS. The van der Waals surface area contributed by atoms with E-state index in [2.05, 4.69) is 17.2 Å². The van der Waals surface area contributed by atoms with Crippen LogP contribution in [-0.2, 0) is 4.79 Å². The molecule has 102 valence electrons. The van der Waals surface area contributed by atoms with Crippen LogP contribution in [0.5, 0.6) is 0 Å². The van der Waals surface area contributed by atoms with Crippen molar-refractivity contribution in [2.75, 3.05) is 5.32 Å². The molecule has 0 aliphatic carbocycles. The predicted molar refractivity (Wildman–Crippen MR) is 80.8 cm³/mol. The summed E-state index contributed by atoms with van der Waals surface area (Å²) in [4.78, 5) is 16.2. The quantitative estimate of drug-likeness (QED) is 0.888. The van der Waals surface area contributed by atoms with Crippen molar-refractivity contribution in [3.05, 3.63) is 22.7 Å². The van der Waals surface area contributed by atoms with Crippen LogP contribution in [-0.4, -0.2) is 16.9 Å². The number of carbonyl (C=O) groups excluding carboxylic acids is 1. The van der Waals surface area contributed by atoms with Crippen LogP contribution < -0.4 is 11.1 Å². The lowest BCUT2D eigenvalue weighted by Crippen LogP contribution is -2.35. The van der Waals surface area contributed by atoms with Gasteiger partial charge in [0.2, 0.25) is 5.91 Å². The molecule has 0 fully saturated rings. The Bertz CT molecular complexity index is 584. The van der Waals surface area contributed by atoms with Crippen molar-refractivity contribution in [3.8, 4) is 0 Å². The van der Waals surface area contributed by atoms with E-state index in [4.69, 9.17) is 17.3 Å². The van der Waals surface area contributed by atoms with Crippen LogP contribution in [0.1, 0.15) is 26.2 Å². The Kier molecular flexibility index (Phi) is 4.74. The minimum absolute atomic E-state index is 0.212. The average molecular weight is 298 g/mol. The van der Waals surface area contributed by atoms with Gasteiger partial charge in [0.15, 0.2) is 0 Å². The van der Waals surface area contributed by atoms with Crippen molar-refractivity contribution in [1.29, 1.82) is 0 Å². The van der Waals surface area contributed by atoms with Gasteiger partial charge in [0, 0.05) is 0 Å². The molecule has 1 aromatic heterocycles. The number of unbranched alkanes of at least 4 members (excludes halogenated alkanes) is 1. The van der Waals surface area contributed by atoms with E-state index in [1.54, 1.807) is 11.6 Å². The third-order valence-corrected chi connectivity index (χ3v) is 4.01. The van der Waals surface area contributed by atoms with Gasteiger partial charge >= 0.3 is 0 Å². The van der Waals surface area contributed by atoms with Gasteiger partial charge in [-0.1, -0.05) is 31.4 Å². The molecule has 1 atom stereocenters. The fourth-order valence-corrected chi connectivity index (χ4v) is 2.68. The summed E-state index contributed by atoms with van der Waals surface area (Å²) in [6.45, 7) is 2.07. The molecule has 2 aromatic rings. The van der Waals surface area contributed by atoms with Crippen LogP contribution in [0.15, 0.2) is 17.6 Å². The van der Waals surface area contributed by atoms with Crippen molar-refractivity contribution in [3.63, 3.8) is 0 Å². The zero-order valence-corrected chi connectivity index (χ0v) is 12.2. The Morgan fingerprint density at radius 1 is 1.58 bits per heavy atom. The lowest BCUT2D eigenvalue weighted by Gasteiger charge is -2.13. The Morgan fingerprint density at radius 3 is 3.11 bits per heavy atom. The highest BCUT2D eigenvalue weighted by atomic mass is 35.5. The SMILES string of the molecule is CCCCC(N)C(=O)Nc1c(Cl)ccc2scnc12. The largest absolute Gasteiger partial charge is 0.322 e. The van der Waals surface area contributed by atoms with E-state index in [9.17, 15) is 4.79 Å². The highest BCUT2D eigenvalue weighted by Gasteiger charge is 2.16. The standard InChI is InChI=1S/C13H16ClN3OS/c1-2-3-4-9(15)13(18)17-11-8(14)5-6-10-12(11)16-7-19-10/h5-7,9H,2-4,15H2,1H3,(H,17,18). The van der Waals surface area contributed by atoms with Gasteiger partial charge in [0.05, 0.1) is 27.0 Å². The van der Waals surface area contributed by atoms with Crippen LogP contribution in [0.4, 0.5) is 5.69 Å². The average Bonchev–Trinajstić information content (AvgIpc) is 2.87. The van der Waals surface area contributed by atoms with Crippen molar-refractivity contribution in [2.24, 2.45) is 5.73 Å². The monoisotopic (exact) mass is 297 g/mol. The molecule has 1 heterocycles. The molecule has 6 heteroatoms. The number of aromatic nitrogens is 1. The van der Waals surface area contributed by atoms with Gasteiger partial charge in [-0.15, -0.1) is 11.3 Å². The maximum absolute atomic E-state index is 12.0. The fourth-order valence-electron chi connectivity index (χ4n) is 1.80. The first-order chi connectivity index (χ1) is 9.13. The maximum atomic E-state index is 12.0. The number of rotatable bonds is 5.